The highest BCUT2D eigenvalue weighted by atomic mass is 35.5. The molecule has 0 unspecified atom stereocenters. The first-order chi connectivity index (χ1) is 14.7. The lowest BCUT2D eigenvalue weighted by molar-refractivity contribution is -0.148. The Morgan fingerprint density at radius 3 is 2.45 bits per heavy atom. The van der Waals surface area contributed by atoms with Crippen molar-refractivity contribution in [1.29, 1.82) is 0 Å². The number of hydrogen-bond donors (Lipinski definition) is 0. The summed E-state index contributed by atoms with van der Waals surface area (Å²) >= 11 is 6.33. The van der Waals surface area contributed by atoms with Gasteiger partial charge in [-0.15, -0.1) is 0 Å². The Balaban J connectivity index is 1.57. The minimum Gasteiger partial charge on any atom is -0.468 e. The number of piperazine rings is 1. The van der Waals surface area contributed by atoms with E-state index in [9.17, 15) is 9.59 Å². The summed E-state index contributed by atoms with van der Waals surface area (Å²) in [6.45, 7) is 8.17. The second-order valence-electron chi connectivity index (χ2n) is 8.63. The summed E-state index contributed by atoms with van der Waals surface area (Å²) in [7, 11) is 1.37. The molecule has 168 valence electrons. The van der Waals surface area contributed by atoms with Crippen molar-refractivity contribution < 1.29 is 18.8 Å². The Hall–Kier alpha value is -2.45. The number of nitrogens with zero attached hydrogens (tertiary/aromatic N) is 4. The van der Waals surface area contributed by atoms with Crippen molar-refractivity contribution in [2.75, 3.05) is 33.3 Å². The van der Waals surface area contributed by atoms with E-state index < -0.39 is 6.04 Å². The van der Waals surface area contributed by atoms with Gasteiger partial charge in [0.1, 0.15) is 6.04 Å². The Kier molecular flexibility index (Phi) is 7.33. The van der Waals surface area contributed by atoms with Gasteiger partial charge in [0.15, 0.2) is 5.82 Å². The van der Waals surface area contributed by atoms with E-state index in [4.69, 9.17) is 20.9 Å². The van der Waals surface area contributed by atoms with Crippen LogP contribution in [0.3, 0.4) is 0 Å². The fraction of sp³-hybridized carbons (Fsp3) is 0.545. The van der Waals surface area contributed by atoms with Gasteiger partial charge in [-0.25, -0.2) is 4.79 Å². The zero-order valence-electron chi connectivity index (χ0n) is 18.4. The van der Waals surface area contributed by atoms with Crippen molar-refractivity contribution in [3.8, 4) is 0 Å². The summed E-state index contributed by atoms with van der Waals surface area (Å²) in [5, 5.41) is 4.51. The molecular weight excluding hydrogens is 420 g/mol. The van der Waals surface area contributed by atoms with Crippen molar-refractivity contribution in [2.45, 2.75) is 45.1 Å². The second-order valence-corrected chi connectivity index (χ2v) is 9.03. The molecule has 1 aromatic carbocycles. The number of methoxy groups -OCH3 is 1. The smallest absolute Gasteiger partial charge is 0.327 e. The monoisotopic (exact) mass is 448 g/mol. The number of rotatable bonds is 6. The lowest BCUT2D eigenvalue weighted by atomic mass is 9.96. The van der Waals surface area contributed by atoms with E-state index in [2.05, 4.69) is 10.1 Å². The Morgan fingerprint density at radius 1 is 1.19 bits per heavy atom. The second kappa shape index (κ2) is 9.78. The maximum absolute atomic E-state index is 12.7. The molecule has 9 heteroatoms. The average molecular weight is 449 g/mol. The summed E-state index contributed by atoms with van der Waals surface area (Å²) in [6, 6.07) is 6.67. The van der Waals surface area contributed by atoms with E-state index >= 15 is 0 Å². The van der Waals surface area contributed by atoms with Gasteiger partial charge in [0, 0.05) is 49.5 Å². The van der Waals surface area contributed by atoms with Gasteiger partial charge in [0.2, 0.25) is 11.8 Å². The number of amides is 1. The van der Waals surface area contributed by atoms with Gasteiger partial charge < -0.3 is 14.2 Å². The van der Waals surface area contributed by atoms with Gasteiger partial charge in [-0.05, 0) is 11.6 Å². The number of esters is 1. The molecule has 1 amide bonds. The summed E-state index contributed by atoms with van der Waals surface area (Å²) in [6.07, 6.45) is 0.712. The van der Waals surface area contributed by atoms with Crippen molar-refractivity contribution in [3.63, 3.8) is 0 Å². The van der Waals surface area contributed by atoms with Crippen LogP contribution in [0.1, 0.15) is 50.5 Å². The molecule has 3 rings (SSSR count). The number of hydrogen-bond acceptors (Lipinski definition) is 7. The van der Waals surface area contributed by atoms with Crippen LogP contribution in [0.25, 0.3) is 0 Å². The van der Waals surface area contributed by atoms with E-state index in [1.165, 1.54) is 7.11 Å². The highest BCUT2D eigenvalue weighted by Gasteiger charge is 2.33. The van der Waals surface area contributed by atoms with Crippen LogP contribution >= 0.6 is 11.6 Å². The molecule has 0 aliphatic carbocycles. The Bertz CT molecular complexity index is 916. The van der Waals surface area contributed by atoms with Crippen LogP contribution in [0.4, 0.5) is 0 Å². The molecule has 0 radical (unpaired) electrons. The predicted molar refractivity (Wildman–Crippen MR) is 116 cm³/mol. The molecule has 31 heavy (non-hydrogen) atoms. The minimum absolute atomic E-state index is 0.0301. The van der Waals surface area contributed by atoms with Gasteiger partial charge >= 0.3 is 5.97 Å². The molecule has 1 aliphatic heterocycles. The number of benzene rings is 1. The fourth-order valence-electron chi connectivity index (χ4n) is 3.54. The molecule has 1 aliphatic rings. The number of halogens is 1. The van der Waals surface area contributed by atoms with Crippen molar-refractivity contribution in [1.82, 2.24) is 19.9 Å². The Morgan fingerprint density at radius 2 is 1.87 bits per heavy atom. The van der Waals surface area contributed by atoms with E-state index in [0.717, 1.165) is 0 Å². The van der Waals surface area contributed by atoms with Crippen molar-refractivity contribution in [2.24, 2.45) is 0 Å². The minimum atomic E-state index is -0.592. The number of carbonyl (C=O) groups is 2. The molecule has 1 fully saturated rings. The molecule has 0 saturated carbocycles. The molecule has 1 atom stereocenters. The topological polar surface area (TPSA) is 88.8 Å². The van der Waals surface area contributed by atoms with Crippen LogP contribution in [0.2, 0.25) is 5.02 Å². The summed E-state index contributed by atoms with van der Waals surface area (Å²) in [5.41, 5.74) is 0.516. The van der Waals surface area contributed by atoms with E-state index in [1.54, 1.807) is 11.0 Å². The van der Waals surface area contributed by atoms with Gasteiger partial charge in [0.25, 0.3) is 0 Å². The first kappa shape index (κ1) is 23.2. The largest absolute Gasteiger partial charge is 0.468 e. The van der Waals surface area contributed by atoms with E-state index in [0.29, 0.717) is 61.3 Å². The highest BCUT2D eigenvalue weighted by Crippen LogP contribution is 2.29. The third-order valence-corrected chi connectivity index (χ3v) is 5.69. The number of ether oxygens (including phenoxy) is 1. The molecular formula is C22H29ClN4O4. The van der Waals surface area contributed by atoms with Crippen LogP contribution in [0, 0.1) is 0 Å². The molecule has 1 saturated heterocycles. The van der Waals surface area contributed by atoms with Crippen molar-refractivity contribution >= 4 is 23.5 Å². The SMILES string of the molecule is COC(=O)[C@@H](c1ccccc1Cl)N1CCN(C(=O)CCc2nc(C(C)(C)C)no2)CC1. The molecule has 2 aromatic rings. The molecule has 8 nitrogen and oxygen atoms in total. The maximum atomic E-state index is 12.7. The summed E-state index contributed by atoms with van der Waals surface area (Å²) in [4.78, 5) is 33.3. The molecule has 0 N–H and O–H groups in total. The lowest BCUT2D eigenvalue weighted by Gasteiger charge is -2.38. The maximum Gasteiger partial charge on any atom is 0.327 e. The number of aromatic nitrogens is 2. The normalized spacial score (nSPS) is 16.2. The molecule has 0 spiro atoms. The zero-order chi connectivity index (χ0) is 22.6. The first-order valence-corrected chi connectivity index (χ1v) is 10.8. The average Bonchev–Trinajstić information content (AvgIpc) is 3.23. The van der Waals surface area contributed by atoms with Crippen LogP contribution in [-0.2, 0) is 26.2 Å². The standard InChI is InChI=1S/C22H29ClN4O4/c1-22(2,3)21-24-17(31-25-21)9-10-18(28)26-11-13-27(14-12-26)19(20(29)30-4)15-7-5-6-8-16(15)23/h5-8,19H,9-14H2,1-4H3/t19-/m1/s1. The molecule has 0 bridgehead atoms. The third-order valence-electron chi connectivity index (χ3n) is 5.35. The fourth-order valence-corrected chi connectivity index (χ4v) is 3.78. The zero-order valence-corrected chi connectivity index (χ0v) is 19.2. The quantitative estimate of drug-likeness (QED) is 0.627. The predicted octanol–water partition coefficient (Wildman–Crippen LogP) is 3.01. The van der Waals surface area contributed by atoms with Crippen LogP contribution in [0.15, 0.2) is 28.8 Å². The highest BCUT2D eigenvalue weighted by molar-refractivity contribution is 6.31. The summed E-state index contributed by atoms with van der Waals surface area (Å²) < 4.78 is 10.3. The van der Waals surface area contributed by atoms with Gasteiger partial charge in [0.05, 0.1) is 7.11 Å². The third kappa shape index (κ3) is 5.62. The first-order valence-electron chi connectivity index (χ1n) is 10.4. The van der Waals surface area contributed by atoms with Gasteiger partial charge in [-0.2, -0.15) is 4.98 Å². The number of carbonyl (C=O) groups excluding carboxylic acids is 2. The van der Waals surface area contributed by atoms with Crippen LogP contribution in [0.5, 0.6) is 0 Å². The summed E-state index contributed by atoms with van der Waals surface area (Å²) in [5.74, 6) is 0.778. The van der Waals surface area contributed by atoms with E-state index in [1.807, 2.05) is 43.9 Å². The lowest BCUT2D eigenvalue weighted by Crippen LogP contribution is -2.51. The van der Waals surface area contributed by atoms with Gasteiger partial charge in [-0.1, -0.05) is 55.7 Å². The van der Waals surface area contributed by atoms with Gasteiger partial charge in [-0.3, -0.25) is 9.69 Å². The Labute approximate surface area is 187 Å². The molecule has 2 heterocycles. The van der Waals surface area contributed by atoms with E-state index in [-0.39, 0.29) is 17.3 Å². The van der Waals surface area contributed by atoms with Crippen LogP contribution < -0.4 is 0 Å². The number of aryl methyl sites for hydroxylation is 1. The molecule has 1 aromatic heterocycles. The van der Waals surface area contributed by atoms with Crippen LogP contribution in [-0.4, -0.2) is 65.1 Å². The van der Waals surface area contributed by atoms with Crippen molar-refractivity contribution in [3.05, 3.63) is 46.6 Å².